The predicted molar refractivity (Wildman–Crippen MR) is 98.5 cm³/mol. The summed E-state index contributed by atoms with van der Waals surface area (Å²) in [5, 5.41) is 0. The molecule has 4 rings (SSSR count). The van der Waals surface area contributed by atoms with Crippen LogP contribution in [0.2, 0.25) is 0 Å². The molecule has 1 saturated heterocycles. The molecule has 0 saturated carbocycles. The van der Waals surface area contributed by atoms with Crippen molar-refractivity contribution >= 4 is 0 Å². The third kappa shape index (κ3) is 2.92. The molecule has 1 fully saturated rings. The van der Waals surface area contributed by atoms with Gasteiger partial charge >= 0.3 is 0 Å². The van der Waals surface area contributed by atoms with Crippen LogP contribution in [0.4, 0.5) is 13.2 Å². The summed E-state index contributed by atoms with van der Waals surface area (Å²) in [5.41, 5.74) is 1.64. The number of hydrogen-bond donors (Lipinski definition) is 0. The van der Waals surface area contributed by atoms with E-state index in [0.717, 1.165) is 25.7 Å². The molecule has 0 spiro atoms. The third-order valence-electron chi connectivity index (χ3n) is 5.60. The molecule has 0 radical (unpaired) electrons. The van der Waals surface area contributed by atoms with Crippen molar-refractivity contribution in [1.82, 2.24) is 0 Å². The SMILES string of the molecule is CCCC1CCC(c2cc3c(c(F)c2F)-c2c-3ccc(OCC)c2F)CO1. The maximum Gasteiger partial charge on any atom is 0.173 e. The number of fused-ring (bicyclic) bond motifs is 4. The fraction of sp³-hybridized carbons (Fsp3) is 0.455. The highest BCUT2D eigenvalue weighted by molar-refractivity contribution is 6.03. The van der Waals surface area contributed by atoms with Crippen molar-refractivity contribution in [2.24, 2.45) is 0 Å². The summed E-state index contributed by atoms with van der Waals surface area (Å²) < 4.78 is 55.3. The molecule has 2 nitrogen and oxygen atoms in total. The fourth-order valence-corrected chi connectivity index (χ4v) is 4.23. The molecule has 5 heteroatoms. The highest BCUT2D eigenvalue weighted by Gasteiger charge is 2.36. The Hall–Kier alpha value is -2.01. The van der Waals surface area contributed by atoms with Crippen LogP contribution in [0.25, 0.3) is 22.3 Å². The molecule has 1 aliphatic carbocycles. The highest BCUT2D eigenvalue weighted by Crippen LogP contribution is 2.53. The molecule has 0 N–H and O–H groups in total. The first-order valence-electron chi connectivity index (χ1n) is 9.66. The van der Waals surface area contributed by atoms with Crippen molar-refractivity contribution < 1.29 is 22.6 Å². The fourth-order valence-electron chi connectivity index (χ4n) is 4.23. The molecule has 27 heavy (non-hydrogen) atoms. The zero-order chi connectivity index (χ0) is 19.1. The van der Waals surface area contributed by atoms with Crippen molar-refractivity contribution in [2.45, 2.75) is 51.6 Å². The maximum atomic E-state index is 14.8. The lowest BCUT2D eigenvalue weighted by Crippen LogP contribution is -2.25. The Labute approximate surface area is 157 Å². The van der Waals surface area contributed by atoms with E-state index in [1.54, 1.807) is 25.1 Å². The number of halogens is 3. The minimum atomic E-state index is -0.974. The molecule has 0 amide bonds. The van der Waals surface area contributed by atoms with Gasteiger partial charge in [-0.05, 0) is 61.1 Å². The first kappa shape index (κ1) is 18.4. The number of hydrogen-bond acceptors (Lipinski definition) is 2. The average Bonchev–Trinajstić information content (AvgIpc) is 2.65. The van der Waals surface area contributed by atoms with Crippen molar-refractivity contribution in [2.75, 3.05) is 13.2 Å². The first-order chi connectivity index (χ1) is 13.1. The third-order valence-corrected chi connectivity index (χ3v) is 5.60. The topological polar surface area (TPSA) is 18.5 Å². The monoisotopic (exact) mass is 376 g/mol. The van der Waals surface area contributed by atoms with Crippen LogP contribution in [0.1, 0.15) is 51.0 Å². The van der Waals surface area contributed by atoms with Gasteiger partial charge in [0, 0.05) is 17.0 Å². The van der Waals surface area contributed by atoms with E-state index in [-0.39, 0.29) is 28.9 Å². The number of benzene rings is 2. The normalized spacial score (nSPS) is 20.6. The first-order valence-corrected chi connectivity index (χ1v) is 9.66. The Morgan fingerprint density at radius 1 is 1.00 bits per heavy atom. The van der Waals surface area contributed by atoms with Crippen molar-refractivity contribution in [3.63, 3.8) is 0 Å². The van der Waals surface area contributed by atoms with Crippen LogP contribution in [0, 0.1) is 17.5 Å². The summed E-state index contributed by atoms with van der Waals surface area (Å²) in [5.74, 6) is -2.60. The molecule has 1 aliphatic heterocycles. The predicted octanol–water partition coefficient (Wildman–Crippen LogP) is 6.21. The van der Waals surface area contributed by atoms with Crippen molar-refractivity contribution in [3.8, 4) is 28.0 Å². The minimum absolute atomic E-state index is 0.0193. The van der Waals surface area contributed by atoms with Gasteiger partial charge in [-0.15, -0.1) is 0 Å². The lowest BCUT2D eigenvalue weighted by atomic mass is 9.76. The van der Waals surface area contributed by atoms with Gasteiger partial charge in [0.15, 0.2) is 23.2 Å². The summed E-state index contributed by atoms with van der Waals surface area (Å²) in [6.07, 6.45) is 3.85. The molecule has 2 aromatic rings. The summed E-state index contributed by atoms with van der Waals surface area (Å²) >= 11 is 0. The van der Waals surface area contributed by atoms with Gasteiger partial charge in [-0.3, -0.25) is 0 Å². The molecule has 2 aliphatic rings. The zero-order valence-electron chi connectivity index (χ0n) is 15.6. The molecular formula is C22H23F3O2. The second-order valence-corrected chi connectivity index (χ2v) is 7.27. The van der Waals surface area contributed by atoms with Gasteiger partial charge in [-0.2, -0.15) is 0 Å². The number of ether oxygens (including phenoxy) is 2. The van der Waals surface area contributed by atoms with Crippen LogP contribution >= 0.6 is 0 Å². The van der Waals surface area contributed by atoms with E-state index in [0.29, 0.717) is 29.9 Å². The maximum absolute atomic E-state index is 14.8. The smallest absolute Gasteiger partial charge is 0.173 e. The Bertz CT molecular complexity index is 871. The van der Waals surface area contributed by atoms with Crippen LogP contribution in [-0.2, 0) is 4.74 Å². The van der Waals surface area contributed by atoms with Crippen molar-refractivity contribution in [3.05, 3.63) is 41.2 Å². The Morgan fingerprint density at radius 3 is 2.44 bits per heavy atom. The quantitative estimate of drug-likeness (QED) is 0.527. The molecule has 144 valence electrons. The highest BCUT2D eigenvalue weighted by atomic mass is 19.2. The van der Waals surface area contributed by atoms with Crippen LogP contribution in [-0.4, -0.2) is 19.3 Å². The van der Waals surface area contributed by atoms with E-state index < -0.39 is 17.5 Å². The van der Waals surface area contributed by atoms with Gasteiger partial charge in [-0.1, -0.05) is 13.3 Å². The van der Waals surface area contributed by atoms with E-state index in [9.17, 15) is 13.2 Å². The van der Waals surface area contributed by atoms with Crippen LogP contribution in [0.3, 0.4) is 0 Å². The molecule has 2 unspecified atom stereocenters. The van der Waals surface area contributed by atoms with Gasteiger partial charge < -0.3 is 9.47 Å². The van der Waals surface area contributed by atoms with Crippen LogP contribution in [0.5, 0.6) is 5.75 Å². The van der Waals surface area contributed by atoms with Gasteiger partial charge in [0.2, 0.25) is 0 Å². The molecular weight excluding hydrogens is 353 g/mol. The van der Waals surface area contributed by atoms with E-state index in [1.807, 2.05) is 0 Å². The van der Waals surface area contributed by atoms with Gasteiger partial charge in [0.1, 0.15) is 0 Å². The van der Waals surface area contributed by atoms with Gasteiger partial charge in [0.25, 0.3) is 0 Å². The van der Waals surface area contributed by atoms with Crippen LogP contribution < -0.4 is 4.74 Å². The van der Waals surface area contributed by atoms with E-state index in [1.165, 1.54) is 0 Å². The molecule has 1 heterocycles. The molecule has 2 aromatic carbocycles. The van der Waals surface area contributed by atoms with E-state index in [4.69, 9.17) is 9.47 Å². The molecule has 2 atom stereocenters. The second-order valence-electron chi connectivity index (χ2n) is 7.27. The van der Waals surface area contributed by atoms with E-state index in [2.05, 4.69) is 6.92 Å². The minimum Gasteiger partial charge on any atom is -0.491 e. The van der Waals surface area contributed by atoms with Crippen LogP contribution in [0.15, 0.2) is 18.2 Å². The zero-order valence-corrected chi connectivity index (χ0v) is 15.6. The van der Waals surface area contributed by atoms with Crippen molar-refractivity contribution in [1.29, 1.82) is 0 Å². The standard InChI is InChI=1S/C22H23F3O2/c1-3-5-13-7-6-12(11-27-13)15-10-16-14-8-9-17(26-4-2)21(24)18(14)19(16)22(25)20(15)23/h8-10,12-13H,3-7,11H2,1-2H3. The Balaban J connectivity index is 1.67. The molecule has 0 bridgehead atoms. The summed E-state index contributed by atoms with van der Waals surface area (Å²) in [6, 6.07) is 4.92. The largest absolute Gasteiger partial charge is 0.491 e. The summed E-state index contributed by atoms with van der Waals surface area (Å²) in [6.45, 7) is 4.55. The lowest BCUT2D eigenvalue weighted by molar-refractivity contribution is -0.00181. The summed E-state index contributed by atoms with van der Waals surface area (Å²) in [7, 11) is 0. The van der Waals surface area contributed by atoms with Gasteiger partial charge in [0.05, 0.1) is 19.3 Å². The number of rotatable bonds is 5. The lowest BCUT2D eigenvalue weighted by Gasteiger charge is -2.32. The average molecular weight is 376 g/mol. The van der Waals surface area contributed by atoms with E-state index >= 15 is 0 Å². The second kappa shape index (κ2) is 7.19. The molecule has 0 aromatic heterocycles. The Morgan fingerprint density at radius 2 is 1.78 bits per heavy atom. The van der Waals surface area contributed by atoms with Gasteiger partial charge in [-0.25, -0.2) is 13.2 Å². The summed E-state index contributed by atoms with van der Waals surface area (Å²) in [4.78, 5) is 0. The Kier molecular flexibility index (Phi) is 4.89.